The summed E-state index contributed by atoms with van der Waals surface area (Å²) in [6.45, 7) is 8.78. The molecule has 0 aliphatic rings. The van der Waals surface area contributed by atoms with Crippen LogP contribution in [0.3, 0.4) is 0 Å². The molecule has 1 aromatic carbocycles. The number of benzene rings is 1. The molecule has 1 atom stereocenters. The molecule has 0 aromatic heterocycles. The summed E-state index contributed by atoms with van der Waals surface area (Å²) >= 11 is 0. The van der Waals surface area contributed by atoms with E-state index < -0.39 is 26.0 Å². The van der Waals surface area contributed by atoms with Crippen molar-refractivity contribution in [2.24, 2.45) is 0 Å². The van der Waals surface area contributed by atoms with Crippen molar-refractivity contribution in [3.63, 3.8) is 0 Å². The summed E-state index contributed by atoms with van der Waals surface area (Å²) in [5.74, 6) is 3.66. The first-order valence-corrected chi connectivity index (χ1v) is 7.33. The molecule has 19 heavy (non-hydrogen) atoms. The van der Waals surface area contributed by atoms with Crippen molar-refractivity contribution in [3.8, 4) is 0 Å². The molecule has 1 rings (SSSR count). The standard InChI is InChI=1S/C14H17F3OS/c1-10(2)13(3,4)19(5,18)12-8-6-7-11(9-12)14(15,16)17/h6-9H,1,5H2,2-4H3. The zero-order valence-electron chi connectivity index (χ0n) is 11.2. The number of rotatable bonds is 3. The van der Waals surface area contributed by atoms with Crippen molar-refractivity contribution in [2.45, 2.75) is 36.6 Å². The van der Waals surface area contributed by atoms with Gasteiger partial charge in [-0.1, -0.05) is 18.2 Å². The van der Waals surface area contributed by atoms with Crippen LogP contribution in [0.1, 0.15) is 26.3 Å². The van der Waals surface area contributed by atoms with Gasteiger partial charge in [-0.3, -0.25) is 4.21 Å². The lowest BCUT2D eigenvalue weighted by molar-refractivity contribution is -0.137. The predicted octanol–water partition coefficient (Wildman–Crippen LogP) is 4.14. The Bertz CT molecular complexity index is 595. The predicted molar refractivity (Wildman–Crippen MR) is 73.9 cm³/mol. The van der Waals surface area contributed by atoms with E-state index in [1.165, 1.54) is 12.1 Å². The van der Waals surface area contributed by atoms with Gasteiger partial charge in [-0.25, -0.2) is 0 Å². The molecular formula is C14H17F3OS. The van der Waals surface area contributed by atoms with Crippen molar-refractivity contribution >= 4 is 15.4 Å². The molecular weight excluding hydrogens is 273 g/mol. The van der Waals surface area contributed by atoms with E-state index in [1.54, 1.807) is 20.8 Å². The Balaban J connectivity index is 3.44. The maximum absolute atomic E-state index is 12.8. The molecule has 0 aliphatic carbocycles. The molecule has 0 heterocycles. The Labute approximate surface area is 112 Å². The number of halogens is 3. The van der Waals surface area contributed by atoms with Crippen LogP contribution in [0.4, 0.5) is 13.2 Å². The quantitative estimate of drug-likeness (QED) is 0.604. The van der Waals surface area contributed by atoms with Crippen LogP contribution in [-0.2, 0) is 15.7 Å². The minimum atomic E-state index is -4.46. The van der Waals surface area contributed by atoms with Gasteiger partial charge < -0.3 is 0 Å². The smallest absolute Gasteiger partial charge is 0.262 e. The summed E-state index contributed by atoms with van der Waals surface area (Å²) in [5.41, 5.74) is -0.205. The molecule has 5 heteroatoms. The van der Waals surface area contributed by atoms with Crippen molar-refractivity contribution in [1.82, 2.24) is 0 Å². The highest BCUT2D eigenvalue weighted by atomic mass is 32.2. The summed E-state index contributed by atoms with van der Waals surface area (Å²) in [6.07, 6.45) is -4.46. The van der Waals surface area contributed by atoms with E-state index in [2.05, 4.69) is 12.4 Å². The highest BCUT2D eigenvalue weighted by Crippen LogP contribution is 2.35. The van der Waals surface area contributed by atoms with Gasteiger partial charge in [0.2, 0.25) is 0 Å². The second kappa shape index (κ2) is 4.71. The van der Waals surface area contributed by atoms with E-state index in [0.717, 1.165) is 12.1 Å². The van der Waals surface area contributed by atoms with Gasteiger partial charge in [0, 0.05) is 14.4 Å². The monoisotopic (exact) mass is 290 g/mol. The molecule has 0 N–H and O–H groups in total. The van der Waals surface area contributed by atoms with E-state index in [0.29, 0.717) is 5.57 Å². The van der Waals surface area contributed by atoms with Crippen LogP contribution < -0.4 is 0 Å². The van der Waals surface area contributed by atoms with E-state index in [1.807, 2.05) is 0 Å². The Morgan fingerprint density at radius 1 is 1.26 bits per heavy atom. The van der Waals surface area contributed by atoms with Crippen LogP contribution in [0, 0.1) is 0 Å². The summed E-state index contributed by atoms with van der Waals surface area (Å²) in [6, 6.07) is 4.51. The molecule has 0 aliphatic heterocycles. The molecule has 0 radical (unpaired) electrons. The molecule has 106 valence electrons. The van der Waals surface area contributed by atoms with Crippen LogP contribution in [0.2, 0.25) is 0 Å². The van der Waals surface area contributed by atoms with E-state index in [4.69, 9.17) is 0 Å². The second-order valence-corrected chi connectivity index (χ2v) is 7.83. The van der Waals surface area contributed by atoms with E-state index >= 15 is 0 Å². The fourth-order valence-electron chi connectivity index (χ4n) is 1.45. The Kier molecular flexibility index (Phi) is 3.92. The number of hydrogen-bond acceptors (Lipinski definition) is 1. The highest BCUT2D eigenvalue weighted by Gasteiger charge is 2.34. The molecule has 0 saturated carbocycles. The highest BCUT2D eigenvalue weighted by molar-refractivity contribution is 8.01. The summed E-state index contributed by atoms with van der Waals surface area (Å²) < 4.78 is 50.0. The summed E-state index contributed by atoms with van der Waals surface area (Å²) in [7, 11) is -2.92. The molecule has 1 aromatic rings. The van der Waals surface area contributed by atoms with Crippen LogP contribution >= 0.6 is 0 Å². The third-order valence-electron chi connectivity index (χ3n) is 3.39. The third kappa shape index (κ3) is 2.86. The van der Waals surface area contributed by atoms with Gasteiger partial charge in [-0.05, 0) is 44.8 Å². The molecule has 0 bridgehead atoms. The lowest BCUT2D eigenvalue weighted by Gasteiger charge is -2.30. The average Bonchev–Trinajstić information content (AvgIpc) is 2.27. The molecule has 0 amide bonds. The minimum Gasteiger partial charge on any atom is -0.262 e. The van der Waals surface area contributed by atoms with Gasteiger partial charge >= 0.3 is 6.18 Å². The molecule has 1 unspecified atom stereocenters. The van der Waals surface area contributed by atoms with Crippen molar-refractivity contribution in [3.05, 3.63) is 42.0 Å². The van der Waals surface area contributed by atoms with Crippen molar-refractivity contribution in [2.75, 3.05) is 0 Å². The lowest BCUT2D eigenvalue weighted by atomic mass is 10.1. The average molecular weight is 290 g/mol. The van der Waals surface area contributed by atoms with Gasteiger partial charge in [-0.15, -0.1) is 0 Å². The van der Waals surface area contributed by atoms with Gasteiger partial charge in [0.05, 0.1) is 10.3 Å². The maximum Gasteiger partial charge on any atom is 0.416 e. The summed E-state index contributed by atoms with van der Waals surface area (Å²) in [4.78, 5) is 0.0929. The SMILES string of the molecule is C=C(C)C(C)(C)S(=C)(=O)c1cccc(C(F)(F)F)c1. The number of hydrogen-bond donors (Lipinski definition) is 0. The normalized spacial score (nSPS) is 15.9. The zero-order valence-corrected chi connectivity index (χ0v) is 12.0. The van der Waals surface area contributed by atoms with Crippen LogP contribution in [0.25, 0.3) is 0 Å². The molecule has 0 saturated heterocycles. The molecule has 0 fully saturated rings. The Hall–Kier alpha value is -1.23. The van der Waals surface area contributed by atoms with Gasteiger partial charge in [0.1, 0.15) is 0 Å². The molecule has 1 nitrogen and oxygen atoms in total. The topological polar surface area (TPSA) is 17.1 Å². The van der Waals surface area contributed by atoms with Crippen molar-refractivity contribution in [1.29, 1.82) is 0 Å². The summed E-state index contributed by atoms with van der Waals surface area (Å²) in [5, 5.41) is 0. The van der Waals surface area contributed by atoms with Gasteiger partial charge in [0.25, 0.3) is 0 Å². The van der Waals surface area contributed by atoms with Gasteiger partial charge in [0.15, 0.2) is 0 Å². The zero-order chi connectivity index (χ0) is 15.1. The third-order valence-corrected chi connectivity index (χ3v) is 6.41. The fourth-order valence-corrected chi connectivity index (χ4v) is 3.22. The Morgan fingerprint density at radius 3 is 2.21 bits per heavy atom. The van der Waals surface area contributed by atoms with E-state index in [9.17, 15) is 17.4 Å². The minimum absolute atomic E-state index is 0.0929. The van der Waals surface area contributed by atoms with Gasteiger partial charge in [-0.2, -0.15) is 13.2 Å². The largest absolute Gasteiger partial charge is 0.416 e. The molecule has 0 spiro atoms. The van der Waals surface area contributed by atoms with Crippen LogP contribution in [0.15, 0.2) is 41.3 Å². The first-order chi connectivity index (χ1) is 8.40. The number of alkyl halides is 3. The van der Waals surface area contributed by atoms with Crippen molar-refractivity contribution < 1.29 is 17.4 Å². The maximum atomic E-state index is 12.8. The lowest BCUT2D eigenvalue weighted by Crippen LogP contribution is -2.32. The second-order valence-electron chi connectivity index (χ2n) is 4.99. The van der Waals surface area contributed by atoms with E-state index in [-0.39, 0.29) is 4.90 Å². The first kappa shape index (κ1) is 15.8. The van der Waals surface area contributed by atoms with Crippen LogP contribution in [0.5, 0.6) is 0 Å². The van der Waals surface area contributed by atoms with Crippen LogP contribution in [-0.4, -0.2) is 14.8 Å². The Morgan fingerprint density at radius 2 is 1.79 bits per heavy atom. The fraction of sp³-hybridized carbons (Fsp3) is 0.357. The first-order valence-electron chi connectivity index (χ1n) is 5.61.